The van der Waals surface area contributed by atoms with E-state index >= 15 is 0 Å². The highest BCUT2D eigenvalue weighted by atomic mass is 19.4. The Morgan fingerprint density at radius 2 is 1.92 bits per heavy atom. The number of nitrogens with one attached hydrogen (secondary N) is 1. The van der Waals surface area contributed by atoms with Crippen LogP contribution in [0.3, 0.4) is 0 Å². The standard InChI is InChI=1S/C24H15F3N8O/c1-28-19-9-15(11-30-21(19)18-7-8-34(2)33-18)32-23(36)17-12-31-35(22(17)24(25,26)27)20-13-29-10-14-5-3-4-6-16(14)20/h3-13H,2H3,(H,32,36). The van der Waals surface area contributed by atoms with Gasteiger partial charge in [-0.3, -0.25) is 19.4 Å². The minimum Gasteiger partial charge on any atom is -0.322 e. The quantitative estimate of drug-likeness (QED) is 0.358. The van der Waals surface area contributed by atoms with E-state index in [2.05, 4.69) is 30.3 Å². The molecule has 0 aliphatic carbocycles. The van der Waals surface area contributed by atoms with Crippen LogP contribution in [-0.4, -0.2) is 35.4 Å². The van der Waals surface area contributed by atoms with Crippen molar-refractivity contribution in [1.29, 1.82) is 0 Å². The monoisotopic (exact) mass is 488 g/mol. The molecule has 1 aromatic carbocycles. The van der Waals surface area contributed by atoms with Crippen LogP contribution in [0.1, 0.15) is 16.1 Å². The maximum atomic E-state index is 14.2. The van der Waals surface area contributed by atoms with E-state index in [1.807, 2.05) is 0 Å². The third-order valence-corrected chi connectivity index (χ3v) is 5.36. The van der Waals surface area contributed by atoms with Gasteiger partial charge < -0.3 is 5.32 Å². The molecule has 5 aromatic rings. The maximum Gasteiger partial charge on any atom is 0.434 e. The summed E-state index contributed by atoms with van der Waals surface area (Å²) >= 11 is 0. The van der Waals surface area contributed by atoms with Gasteiger partial charge in [0, 0.05) is 42.1 Å². The fourth-order valence-electron chi connectivity index (χ4n) is 3.78. The van der Waals surface area contributed by atoms with Gasteiger partial charge in [0.2, 0.25) is 5.69 Å². The Kier molecular flexibility index (Phi) is 5.44. The summed E-state index contributed by atoms with van der Waals surface area (Å²) in [7, 11) is 1.71. The van der Waals surface area contributed by atoms with Crippen LogP contribution in [0.2, 0.25) is 0 Å². The predicted molar refractivity (Wildman–Crippen MR) is 125 cm³/mol. The first-order valence-electron chi connectivity index (χ1n) is 10.4. The van der Waals surface area contributed by atoms with E-state index in [0.29, 0.717) is 21.1 Å². The van der Waals surface area contributed by atoms with Crippen LogP contribution >= 0.6 is 0 Å². The molecular weight excluding hydrogens is 473 g/mol. The number of aryl methyl sites for hydroxylation is 1. The number of aromatic nitrogens is 6. The molecule has 12 heteroatoms. The Labute approximate surface area is 201 Å². The van der Waals surface area contributed by atoms with Gasteiger partial charge in [0.05, 0.1) is 35.9 Å². The first-order valence-corrected chi connectivity index (χ1v) is 10.4. The van der Waals surface area contributed by atoms with Crippen molar-refractivity contribution in [3.63, 3.8) is 0 Å². The van der Waals surface area contributed by atoms with Crippen molar-refractivity contribution in [1.82, 2.24) is 29.5 Å². The molecule has 0 fully saturated rings. The number of rotatable bonds is 4. The molecule has 0 aliphatic heterocycles. The summed E-state index contributed by atoms with van der Waals surface area (Å²) < 4.78 is 44.7. The number of anilines is 1. The molecule has 0 atom stereocenters. The van der Waals surface area contributed by atoms with Crippen LogP contribution in [0, 0.1) is 6.57 Å². The number of halogens is 3. The minimum absolute atomic E-state index is 0.0541. The molecule has 5 rings (SSSR count). The van der Waals surface area contributed by atoms with Crippen LogP contribution in [0.4, 0.5) is 24.5 Å². The van der Waals surface area contributed by atoms with Crippen molar-refractivity contribution in [2.45, 2.75) is 6.18 Å². The molecule has 1 amide bonds. The lowest BCUT2D eigenvalue weighted by Crippen LogP contribution is -2.21. The Hall–Kier alpha value is -5.05. The molecule has 4 aromatic heterocycles. The zero-order chi connectivity index (χ0) is 25.4. The van der Waals surface area contributed by atoms with Gasteiger partial charge in [0.25, 0.3) is 5.91 Å². The number of alkyl halides is 3. The molecule has 178 valence electrons. The van der Waals surface area contributed by atoms with E-state index in [-0.39, 0.29) is 22.8 Å². The zero-order valence-corrected chi connectivity index (χ0v) is 18.5. The number of hydrogen-bond donors (Lipinski definition) is 1. The second-order valence-electron chi connectivity index (χ2n) is 7.73. The fraction of sp³-hybridized carbons (Fsp3) is 0.0833. The molecule has 0 bridgehead atoms. The van der Waals surface area contributed by atoms with Crippen molar-refractivity contribution >= 4 is 28.1 Å². The Morgan fingerprint density at radius 3 is 2.64 bits per heavy atom. The number of pyridine rings is 2. The molecule has 9 nitrogen and oxygen atoms in total. The van der Waals surface area contributed by atoms with Crippen LogP contribution in [-0.2, 0) is 13.2 Å². The molecule has 0 radical (unpaired) electrons. The number of benzene rings is 1. The topological polar surface area (TPSA) is 94.9 Å². The highest BCUT2D eigenvalue weighted by Gasteiger charge is 2.41. The smallest absolute Gasteiger partial charge is 0.322 e. The molecular formula is C24H15F3N8O. The van der Waals surface area contributed by atoms with E-state index in [1.165, 1.54) is 24.7 Å². The molecule has 0 saturated carbocycles. The van der Waals surface area contributed by atoms with E-state index in [4.69, 9.17) is 6.57 Å². The average Bonchev–Trinajstić information content (AvgIpc) is 3.50. The summed E-state index contributed by atoms with van der Waals surface area (Å²) in [6.07, 6.45) is 1.67. The van der Waals surface area contributed by atoms with E-state index < -0.39 is 23.3 Å². The van der Waals surface area contributed by atoms with Crippen molar-refractivity contribution in [2.75, 3.05) is 5.32 Å². The lowest BCUT2D eigenvalue weighted by atomic mass is 10.1. The van der Waals surface area contributed by atoms with Crippen molar-refractivity contribution < 1.29 is 18.0 Å². The average molecular weight is 488 g/mol. The second kappa shape index (κ2) is 8.62. The summed E-state index contributed by atoms with van der Waals surface area (Å²) in [5, 5.41) is 11.6. The van der Waals surface area contributed by atoms with Crippen LogP contribution in [0.15, 0.2) is 67.4 Å². The summed E-state index contributed by atoms with van der Waals surface area (Å²) in [6, 6.07) is 9.79. The van der Waals surface area contributed by atoms with Gasteiger partial charge in [0.1, 0.15) is 5.69 Å². The summed E-state index contributed by atoms with van der Waals surface area (Å²) in [4.78, 5) is 24.6. The molecule has 36 heavy (non-hydrogen) atoms. The third kappa shape index (κ3) is 4.03. The number of carbonyl (C=O) groups excluding carboxylic acids is 1. The van der Waals surface area contributed by atoms with Crippen LogP contribution in [0.25, 0.3) is 32.7 Å². The fourth-order valence-corrected chi connectivity index (χ4v) is 3.78. The molecule has 0 saturated heterocycles. The number of nitrogens with zero attached hydrogens (tertiary/aromatic N) is 7. The molecule has 4 heterocycles. The van der Waals surface area contributed by atoms with Crippen molar-refractivity contribution in [2.24, 2.45) is 7.05 Å². The van der Waals surface area contributed by atoms with Gasteiger partial charge in [-0.15, -0.1) is 0 Å². The van der Waals surface area contributed by atoms with Crippen molar-refractivity contribution in [3.05, 3.63) is 90.1 Å². The van der Waals surface area contributed by atoms with Crippen LogP contribution < -0.4 is 5.32 Å². The lowest BCUT2D eigenvalue weighted by molar-refractivity contribution is -0.143. The van der Waals surface area contributed by atoms with Crippen molar-refractivity contribution in [3.8, 4) is 17.1 Å². The normalized spacial score (nSPS) is 11.4. The van der Waals surface area contributed by atoms with Crippen LogP contribution in [0.5, 0.6) is 0 Å². The first-order chi connectivity index (χ1) is 17.3. The van der Waals surface area contributed by atoms with Gasteiger partial charge in [-0.2, -0.15) is 23.4 Å². The lowest BCUT2D eigenvalue weighted by Gasteiger charge is -2.14. The van der Waals surface area contributed by atoms with Gasteiger partial charge >= 0.3 is 6.18 Å². The Balaban J connectivity index is 1.53. The predicted octanol–water partition coefficient (Wildman–Crippen LogP) is 5.04. The highest BCUT2D eigenvalue weighted by molar-refractivity contribution is 6.05. The molecule has 0 spiro atoms. The van der Waals surface area contributed by atoms with E-state index in [9.17, 15) is 18.0 Å². The first kappa shape index (κ1) is 22.7. The number of carbonyl (C=O) groups is 1. The maximum absolute atomic E-state index is 14.2. The summed E-state index contributed by atoms with van der Waals surface area (Å²) in [5.41, 5.74) is -0.980. The Bertz CT molecular complexity index is 1660. The second-order valence-corrected chi connectivity index (χ2v) is 7.73. The number of hydrogen-bond acceptors (Lipinski definition) is 5. The highest BCUT2D eigenvalue weighted by Crippen LogP contribution is 2.36. The van der Waals surface area contributed by atoms with Gasteiger partial charge in [-0.25, -0.2) is 9.53 Å². The summed E-state index contributed by atoms with van der Waals surface area (Å²) in [6.45, 7) is 7.43. The van der Waals surface area contributed by atoms with Gasteiger partial charge in [-0.1, -0.05) is 24.3 Å². The number of amides is 1. The Morgan fingerprint density at radius 1 is 1.11 bits per heavy atom. The molecule has 0 unspecified atom stereocenters. The van der Waals surface area contributed by atoms with E-state index in [0.717, 1.165) is 6.20 Å². The zero-order valence-electron chi connectivity index (χ0n) is 18.5. The molecule has 0 aliphatic rings. The number of fused-ring (bicyclic) bond motifs is 1. The third-order valence-electron chi connectivity index (χ3n) is 5.36. The summed E-state index contributed by atoms with van der Waals surface area (Å²) in [5.74, 6) is -1.05. The van der Waals surface area contributed by atoms with E-state index in [1.54, 1.807) is 48.3 Å². The SMILES string of the molecule is [C-]#[N+]c1cc(NC(=O)c2cnn(-c3cncc4ccccc34)c2C(F)(F)F)cnc1-c1ccn(C)n1. The van der Waals surface area contributed by atoms with Gasteiger partial charge in [0.15, 0.2) is 5.69 Å². The molecule has 1 N–H and O–H groups in total. The largest absolute Gasteiger partial charge is 0.434 e. The van der Waals surface area contributed by atoms with Gasteiger partial charge in [-0.05, 0) is 12.1 Å². The minimum atomic E-state index is -4.90.